The van der Waals surface area contributed by atoms with Gasteiger partial charge in [0, 0.05) is 0 Å². The molecule has 0 spiro atoms. The van der Waals surface area contributed by atoms with Gasteiger partial charge in [0.05, 0.1) is 5.60 Å². The lowest BCUT2D eigenvalue weighted by atomic mass is 9.44. The molecule has 0 aromatic rings. The van der Waals surface area contributed by atoms with E-state index in [1.54, 1.807) is 0 Å². The average molecular weight is 387 g/mol. The van der Waals surface area contributed by atoms with Crippen molar-refractivity contribution in [1.29, 1.82) is 0 Å². The molecule has 28 heavy (non-hydrogen) atoms. The van der Waals surface area contributed by atoms with Gasteiger partial charge in [0.1, 0.15) is 6.10 Å². The molecule has 158 valence electrons. The highest BCUT2D eigenvalue weighted by Gasteiger charge is 2.60. The number of terminal acetylenes is 1. The van der Waals surface area contributed by atoms with E-state index < -0.39 is 11.7 Å². The molecule has 0 aromatic heterocycles. The summed E-state index contributed by atoms with van der Waals surface area (Å²) in [5.41, 5.74) is 0.536. The van der Waals surface area contributed by atoms with E-state index in [1.807, 2.05) is 0 Å². The molecule has 4 saturated carbocycles. The molecular weight excluding hydrogens is 344 g/mol. The van der Waals surface area contributed by atoms with E-state index in [9.17, 15) is 10.2 Å². The SMILES string of the molecule is C#CC(O)CCCC1CCC2C3CCC4C[C@@](C)(O)CCC4(C)C3CCC12C. The van der Waals surface area contributed by atoms with Crippen molar-refractivity contribution in [2.45, 2.75) is 110 Å². The lowest BCUT2D eigenvalue weighted by Gasteiger charge is -2.62. The Morgan fingerprint density at radius 3 is 2.46 bits per heavy atom. The summed E-state index contributed by atoms with van der Waals surface area (Å²) in [5.74, 6) is 6.70. The van der Waals surface area contributed by atoms with Gasteiger partial charge >= 0.3 is 0 Å². The van der Waals surface area contributed by atoms with Gasteiger partial charge in [-0.1, -0.05) is 19.8 Å². The van der Waals surface area contributed by atoms with Gasteiger partial charge < -0.3 is 10.2 Å². The van der Waals surface area contributed by atoms with E-state index in [4.69, 9.17) is 6.42 Å². The monoisotopic (exact) mass is 386 g/mol. The number of hydrogen-bond acceptors (Lipinski definition) is 2. The van der Waals surface area contributed by atoms with Crippen molar-refractivity contribution in [3.8, 4) is 12.3 Å². The van der Waals surface area contributed by atoms with Crippen LogP contribution in [-0.2, 0) is 0 Å². The van der Waals surface area contributed by atoms with Crippen LogP contribution in [0.4, 0.5) is 0 Å². The summed E-state index contributed by atoms with van der Waals surface area (Å²) >= 11 is 0. The first-order valence-corrected chi connectivity index (χ1v) is 12.1. The Balaban J connectivity index is 1.45. The van der Waals surface area contributed by atoms with Gasteiger partial charge in [-0.15, -0.1) is 6.42 Å². The van der Waals surface area contributed by atoms with Crippen LogP contribution in [0.1, 0.15) is 97.8 Å². The number of rotatable bonds is 4. The second kappa shape index (κ2) is 7.31. The molecule has 4 aliphatic carbocycles. The van der Waals surface area contributed by atoms with Gasteiger partial charge in [-0.2, -0.15) is 0 Å². The second-order valence-corrected chi connectivity index (χ2v) is 11.8. The minimum atomic E-state index is -0.556. The smallest absolute Gasteiger partial charge is 0.114 e. The summed E-state index contributed by atoms with van der Waals surface area (Å²) in [6.45, 7) is 7.25. The maximum Gasteiger partial charge on any atom is 0.114 e. The van der Waals surface area contributed by atoms with Gasteiger partial charge in [0.2, 0.25) is 0 Å². The molecule has 2 nitrogen and oxygen atoms in total. The van der Waals surface area contributed by atoms with E-state index in [1.165, 1.54) is 51.4 Å². The van der Waals surface area contributed by atoms with Crippen molar-refractivity contribution in [3.63, 3.8) is 0 Å². The number of hydrogen-bond donors (Lipinski definition) is 2. The highest BCUT2D eigenvalue weighted by Crippen LogP contribution is 2.68. The van der Waals surface area contributed by atoms with Gasteiger partial charge in [0.25, 0.3) is 0 Å². The van der Waals surface area contributed by atoms with E-state index in [2.05, 4.69) is 26.7 Å². The van der Waals surface area contributed by atoms with Crippen LogP contribution in [0, 0.1) is 52.8 Å². The van der Waals surface area contributed by atoms with Crippen LogP contribution in [0.5, 0.6) is 0 Å². The minimum absolute atomic E-state index is 0.429. The summed E-state index contributed by atoms with van der Waals surface area (Å²) < 4.78 is 0. The molecule has 2 N–H and O–H groups in total. The fourth-order valence-electron chi connectivity index (χ4n) is 8.66. The molecule has 0 aromatic carbocycles. The van der Waals surface area contributed by atoms with Crippen LogP contribution in [0.2, 0.25) is 0 Å². The third-order valence-corrected chi connectivity index (χ3v) is 10.4. The van der Waals surface area contributed by atoms with E-state index in [-0.39, 0.29) is 0 Å². The van der Waals surface area contributed by atoms with Crippen molar-refractivity contribution < 1.29 is 10.2 Å². The Labute approximate surface area is 172 Å². The van der Waals surface area contributed by atoms with Gasteiger partial charge in [0.15, 0.2) is 0 Å². The normalized spacial score (nSPS) is 51.5. The number of aliphatic hydroxyl groups excluding tert-OH is 1. The second-order valence-electron chi connectivity index (χ2n) is 11.8. The van der Waals surface area contributed by atoms with Crippen molar-refractivity contribution in [1.82, 2.24) is 0 Å². The minimum Gasteiger partial charge on any atom is -0.390 e. The Morgan fingerprint density at radius 1 is 0.964 bits per heavy atom. The van der Waals surface area contributed by atoms with Crippen LogP contribution in [-0.4, -0.2) is 21.9 Å². The third kappa shape index (κ3) is 3.35. The van der Waals surface area contributed by atoms with Crippen molar-refractivity contribution >= 4 is 0 Å². The molecule has 0 bridgehead atoms. The van der Waals surface area contributed by atoms with Gasteiger partial charge in [-0.3, -0.25) is 0 Å². The van der Waals surface area contributed by atoms with Crippen molar-refractivity contribution in [2.24, 2.45) is 40.4 Å². The summed E-state index contributed by atoms with van der Waals surface area (Å²) in [5, 5.41) is 20.4. The van der Waals surface area contributed by atoms with Crippen molar-refractivity contribution in [3.05, 3.63) is 0 Å². The Bertz CT molecular complexity index is 618. The van der Waals surface area contributed by atoms with Crippen molar-refractivity contribution in [2.75, 3.05) is 0 Å². The molecular formula is C26H42O2. The summed E-state index contributed by atoms with van der Waals surface area (Å²) in [4.78, 5) is 0. The average Bonchev–Trinajstić information content (AvgIpc) is 2.98. The Kier molecular flexibility index (Phi) is 5.42. The van der Waals surface area contributed by atoms with Gasteiger partial charge in [-0.05, 0) is 124 Å². The molecule has 0 heterocycles. The first-order valence-electron chi connectivity index (χ1n) is 12.1. The van der Waals surface area contributed by atoms with Gasteiger partial charge in [-0.25, -0.2) is 0 Å². The number of fused-ring (bicyclic) bond motifs is 5. The predicted molar refractivity (Wildman–Crippen MR) is 115 cm³/mol. The zero-order valence-corrected chi connectivity index (χ0v) is 18.4. The fourth-order valence-corrected chi connectivity index (χ4v) is 8.66. The molecule has 0 amide bonds. The highest BCUT2D eigenvalue weighted by atomic mass is 16.3. The lowest BCUT2D eigenvalue weighted by molar-refractivity contribution is -0.146. The van der Waals surface area contributed by atoms with E-state index in [0.29, 0.717) is 10.8 Å². The standard InChI is InChI=1S/C26H42O2/c1-5-20(27)8-6-7-18-10-12-22-21-11-9-19-17-24(2,28)15-16-26(19,4)23(21)13-14-25(18,22)3/h1,18-23,27-28H,6-17H2,2-4H3/t18?,19?,20?,21?,22?,23?,24-,25?,26?/m0/s1. The molecule has 9 atom stereocenters. The summed E-state index contributed by atoms with van der Waals surface area (Å²) in [6, 6.07) is 0. The molecule has 0 radical (unpaired) electrons. The molecule has 4 rings (SSSR count). The first-order chi connectivity index (χ1) is 13.2. The first kappa shape index (κ1) is 20.7. The maximum atomic E-state index is 10.7. The summed E-state index contributed by atoms with van der Waals surface area (Å²) in [7, 11) is 0. The largest absolute Gasteiger partial charge is 0.390 e. The zero-order chi connectivity index (χ0) is 20.2. The molecule has 8 unspecified atom stereocenters. The topological polar surface area (TPSA) is 40.5 Å². The van der Waals surface area contributed by atoms with Crippen LogP contribution >= 0.6 is 0 Å². The molecule has 0 saturated heterocycles. The molecule has 0 aliphatic heterocycles. The van der Waals surface area contributed by atoms with Crippen LogP contribution < -0.4 is 0 Å². The highest BCUT2D eigenvalue weighted by molar-refractivity contribution is 5.10. The van der Waals surface area contributed by atoms with E-state index in [0.717, 1.165) is 55.3 Å². The zero-order valence-electron chi connectivity index (χ0n) is 18.4. The summed E-state index contributed by atoms with van der Waals surface area (Å²) in [6.07, 6.45) is 19.4. The third-order valence-electron chi connectivity index (χ3n) is 10.4. The fraction of sp³-hybridized carbons (Fsp3) is 0.923. The lowest BCUT2D eigenvalue weighted by Crippen LogP contribution is -2.55. The quantitative estimate of drug-likeness (QED) is 0.621. The molecule has 4 aliphatic rings. The van der Waals surface area contributed by atoms with E-state index >= 15 is 0 Å². The van der Waals surface area contributed by atoms with Crippen LogP contribution in [0.25, 0.3) is 0 Å². The Hall–Kier alpha value is -0.520. The molecule has 4 fully saturated rings. The number of aliphatic hydroxyl groups is 2. The van der Waals surface area contributed by atoms with Crippen LogP contribution in [0.3, 0.4) is 0 Å². The Morgan fingerprint density at radius 2 is 1.71 bits per heavy atom. The maximum absolute atomic E-state index is 10.7. The predicted octanol–water partition coefficient (Wildman–Crippen LogP) is 5.56. The van der Waals surface area contributed by atoms with Crippen LogP contribution in [0.15, 0.2) is 0 Å². The molecule has 2 heteroatoms.